The number of carbonyl (C=O) groups excluding carboxylic acids is 2. The summed E-state index contributed by atoms with van der Waals surface area (Å²) in [5, 5.41) is 22.0. The molecule has 11 fully saturated rings. The van der Waals surface area contributed by atoms with Crippen molar-refractivity contribution in [3.63, 3.8) is 0 Å². The van der Waals surface area contributed by atoms with E-state index >= 15 is 0 Å². The summed E-state index contributed by atoms with van der Waals surface area (Å²) in [6.45, 7) is 75.6. The first kappa shape index (κ1) is 100. The molecule has 8 nitrogen and oxygen atoms in total. The maximum absolute atomic E-state index is 11.9. The number of carbonyl (C=O) groups is 2. The van der Waals surface area contributed by atoms with Gasteiger partial charge in [0.15, 0.2) is 33.3 Å². The van der Waals surface area contributed by atoms with E-state index in [1.165, 1.54) is 131 Å². The maximum atomic E-state index is 11.9. The van der Waals surface area contributed by atoms with Crippen LogP contribution in [0.2, 0.25) is 72.5 Å². The number of halogens is 1. The van der Waals surface area contributed by atoms with E-state index in [9.17, 15) is 19.8 Å². The first-order chi connectivity index (χ1) is 52.2. The van der Waals surface area contributed by atoms with E-state index in [2.05, 4.69) is 249 Å². The molecule has 0 bridgehead atoms. The number of allylic oxidation sites excluding steroid dienone is 9. The lowest BCUT2D eigenvalue weighted by Crippen LogP contribution is -2.49. The Kier molecular flexibility index (Phi) is 34.1. The first-order valence-electron chi connectivity index (χ1n) is 46.1. The van der Waals surface area contributed by atoms with Crippen molar-refractivity contribution in [3.05, 3.63) is 106 Å². The van der Waals surface area contributed by atoms with Crippen molar-refractivity contribution in [2.75, 3.05) is 5.33 Å². The van der Waals surface area contributed by atoms with Gasteiger partial charge in [0.1, 0.15) is 11.6 Å². The molecule has 11 rings (SSSR count). The Morgan fingerprint density at radius 2 is 0.730 bits per heavy atom. The zero-order chi connectivity index (χ0) is 84.0. The Morgan fingerprint density at radius 3 is 1.03 bits per heavy atom. The predicted octanol–water partition coefficient (Wildman–Crippen LogP) is 29.6. The van der Waals surface area contributed by atoms with Crippen molar-refractivity contribution in [3.8, 4) is 0 Å². The van der Waals surface area contributed by atoms with Gasteiger partial charge in [-0.3, -0.25) is 9.59 Å². The molecule has 656 valence electrons. The van der Waals surface area contributed by atoms with Gasteiger partial charge in [-0.15, -0.1) is 0 Å². The number of rotatable bonds is 19. The minimum atomic E-state index is -1.97. The van der Waals surface area contributed by atoms with E-state index < -0.39 is 45.5 Å². The fraction of sp³-hybridized carbons (Fsp3) is 0.804. The Bertz CT molecular complexity index is 3550. The molecular formula is C102H177BrO8Si4. The maximum Gasteiger partial charge on any atom is 0.192 e. The van der Waals surface area contributed by atoms with Gasteiger partial charge in [-0.2, -0.15) is 0 Å². The molecule has 0 saturated heterocycles. The Morgan fingerprint density at radius 1 is 0.426 bits per heavy atom. The van der Waals surface area contributed by atoms with Crippen LogP contribution in [0.3, 0.4) is 0 Å². The average Bonchev–Trinajstić information content (AvgIpc) is 1.64. The molecule has 5 unspecified atom stereocenters. The molecule has 0 aromatic carbocycles. The van der Waals surface area contributed by atoms with Crippen molar-refractivity contribution in [2.24, 2.45) is 81.3 Å². The highest BCUT2D eigenvalue weighted by molar-refractivity contribution is 9.09. The van der Waals surface area contributed by atoms with Gasteiger partial charge in [0.25, 0.3) is 0 Å². The summed E-state index contributed by atoms with van der Waals surface area (Å²) in [6, 6.07) is 0. The second-order valence-corrected chi connectivity index (χ2v) is 65.9. The van der Waals surface area contributed by atoms with Gasteiger partial charge in [-0.25, -0.2) is 0 Å². The van der Waals surface area contributed by atoms with E-state index in [1.54, 1.807) is 16.7 Å². The van der Waals surface area contributed by atoms with Gasteiger partial charge >= 0.3 is 0 Å². The number of hydrogen-bond acceptors (Lipinski definition) is 8. The number of fused-ring (bicyclic) bond motifs is 3. The van der Waals surface area contributed by atoms with Crippen molar-refractivity contribution < 1.29 is 37.5 Å². The van der Waals surface area contributed by atoms with Crippen molar-refractivity contribution in [2.45, 2.75) is 435 Å². The zero-order valence-corrected chi connectivity index (χ0v) is 82.9. The van der Waals surface area contributed by atoms with Crippen LogP contribution in [0.1, 0.15) is 326 Å². The summed E-state index contributed by atoms with van der Waals surface area (Å²) in [5.74, 6) is 8.76. The van der Waals surface area contributed by atoms with Crippen molar-refractivity contribution in [1.82, 2.24) is 0 Å². The fourth-order valence-electron chi connectivity index (χ4n) is 23.3. The summed E-state index contributed by atoms with van der Waals surface area (Å²) in [4.78, 5) is 23.7. The molecule has 0 radical (unpaired) electrons. The van der Waals surface area contributed by atoms with Crippen LogP contribution >= 0.6 is 15.9 Å². The Balaban J connectivity index is 0.000000240. The molecule has 0 spiro atoms. The van der Waals surface area contributed by atoms with Gasteiger partial charge in [-0.05, 0) is 329 Å². The molecule has 13 heteroatoms. The SMILES string of the molecule is C.C.C=C1/C(=C\C=C2/CCC[C@@]3(C)C2CC[C@@H]3[C@H](C)CBr)C[C@@H](O[Si](C)(C)C(C)(C)C)C[C@@H]1O[Si](C)(C)C(C)(C)C.C=C1/C(=C\C=C2/CCC[C@@]3(C)C2CC[C@@H]3[C@H](C)CC2CCC(=O)C2)C[C@@H](O)C[C@@H]1O.C=C1/C(=C\C=C2/CCC[C@@]3(C)C2CC[C@@H]3[C@H](C)CC2CCC(=O)C2)C[C@@H](O[Si](C)(C)C(C)(C)C)C[C@@H]1O[Si](C)(C)C(C)(C)C. The van der Waals surface area contributed by atoms with Crippen molar-refractivity contribution >= 4 is 60.8 Å². The van der Waals surface area contributed by atoms with Crippen LogP contribution in [0.25, 0.3) is 0 Å². The Hall–Kier alpha value is -1.89. The molecule has 0 aromatic rings. The van der Waals surface area contributed by atoms with E-state index in [0.717, 1.165) is 110 Å². The van der Waals surface area contributed by atoms with Crippen LogP contribution in [0.4, 0.5) is 0 Å². The Labute approximate surface area is 721 Å². The van der Waals surface area contributed by atoms with Crippen LogP contribution in [0.5, 0.6) is 0 Å². The van der Waals surface area contributed by atoms with Crippen LogP contribution in [-0.4, -0.2) is 97.0 Å². The summed E-state index contributed by atoms with van der Waals surface area (Å²) in [6.07, 6.45) is 45.9. The van der Waals surface area contributed by atoms with Gasteiger partial charge in [0.05, 0.1) is 36.6 Å². The number of hydrogen-bond donors (Lipinski definition) is 2. The molecule has 11 aliphatic rings. The van der Waals surface area contributed by atoms with Crippen LogP contribution in [0, 0.1) is 81.3 Å². The monoisotopic (exact) mass is 1720 g/mol. The highest BCUT2D eigenvalue weighted by Gasteiger charge is 2.55. The van der Waals surface area contributed by atoms with E-state index in [0.29, 0.717) is 76.2 Å². The molecule has 11 saturated carbocycles. The molecule has 0 amide bonds. The molecular weight excluding hydrogens is 1550 g/mol. The van der Waals surface area contributed by atoms with Crippen molar-refractivity contribution in [1.29, 1.82) is 0 Å². The lowest BCUT2D eigenvalue weighted by molar-refractivity contribution is -0.118. The second kappa shape index (κ2) is 39.1. The van der Waals surface area contributed by atoms with Gasteiger partial charge in [0, 0.05) is 50.3 Å². The van der Waals surface area contributed by atoms with Gasteiger partial charge < -0.3 is 27.9 Å². The third-order valence-corrected chi connectivity index (χ3v) is 53.3. The van der Waals surface area contributed by atoms with Gasteiger partial charge in [0.2, 0.25) is 0 Å². The smallest absolute Gasteiger partial charge is 0.192 e. The average molecular weight is 1720 g/mol. The highest BCUT2D eigenvalue weighted by atomic mass is 79.9. The molecule has 2 N–H and O–H groups in total. The summed E-state index contributed by atoms with van der Waals surface area (Å²) < 4.78 is 28.3. The summed E-state index contributed by atoms with van der Waals surface area (Å²) in [5.41, 5.74) is 13.0. The minimum absolute atomic E-state index is 0. The normalized spacial score (nSPS) is 36.3. The zero-order valence-electron chi connectivity index (χ0n) is 77.3. The number of aliphatic hydroxyl groups excluding tert-OH is 2. The first-order valence-corrected chi connectivity index (χ1v) is 58.8. The number of ketones is 2. The second-order valence-electron chi connectivity index (χ2n) is 46.2. The van der Waals surface area contributed by atoms with Crippen LogP contribution < -0.4 is 0 Å². The fourth-order valence-corrected chi connectivity index (χ4v) is 29.1. The number of alkyl halides is 1. The minimum Gasteiger partial charge on any atom is -0.413 e. The molecule has 0 aromatic heterocycles. The highest BCUT2D eigenvalue weighted by Crippen LogP contribution is 2.64. The lowest BCUT2D eigenvalue weighted by Gasteiger charge is -2.46. The summed E-state index contributed by atoms with van der Waals surface area (Å²) >= 11 is 3.79. The van der Waals surface area contributed by atoms with E-state index in [-0.39, 0.29) is 59.4 Å². The quantitative estimate of drug-likeness (QED) is 0.0972. The molecule has 11 aliphatic carbocycles. The molecule has 0 heterocycles. The van der Waals surface area contributed by atoms with Crippen LogP contribution in [-0.2, 0) is 27.3 Å². The molecule has 115 heavy (non-hydrogen) atoms. The third-order valence-electron chi connectivity index (χ3n) is 34.3. The summed E-state index contributed by atoms with van der Waals surface area (Å²) in [7, 11) is -7.74. The number of Topliss-reactive ketones (excluding diaryl/α,β-unsaturated/α-hetero) is 2. The largest absolute Gasteiger partial charge is 0.413 e. The third kappa shape index (κ3) is 23.4. The van der Waals surface area contributed by atoms with Gasteiger partial charge in [-0.1, -0.05) is 228 Å². The van der Waals surface area contributed by atoms with Crippen LogP contribution in [0.15, 0.2) is 106 Å². The van der Waals surface area contributed by atoms with E-state index in [1.807, 2.05) is 0 Å². The standard InChI is InChI=1S/C39H68O3Si2.C34H61BrO2Si2.C27H40O3.2CH4/c1-27(23-29-16-19-32(40)24-29)34-20-21-35-30(15-14-22-39(34,35)9)17-18-31-25-33(41-43(10,11)37(3,4)5)26-36(28(31)2)42-44(12,13)38(6,7)8;1-24(23-35)29-18-19-30-26(15-14-20-34(29,30)9)16-17-27-21-28(36-38(10,11)32(3,4)5)22-31(25(27)2)37-39(12,13)33(6,7)8;1-17(13-19-6-9-22(28)14-19)24-10-11-25-20(5-4-12-27(24,25)3)7-8-21-15-23(29)16-26(30)18(21)2;;/h17-18,27,29,33-36H,2,14-16,19-26H2,1,3-13H3;16-17,24,28-31H,2,14-15,18-23H2,1,3-13H3;7-8,17,19,23-26,29-30H,2,4-6,9-16H2,1,3H3;2*1H4/b30-17+,31-18-;26-16+,27-17-;20-7+,21-8-;;/t27-,29?,33-,34-,35?,36+,39-;24-,28-,29-,30?,31+,34-;17-,19?,23-,24-,25?,26+,27-;;/m111../s1. The number of aliphatic hydroxyl groups is 2. The molecule has 0 aliphatic heterocycles. The lowest BCUT2D eigenvalue weighted by atomic mass is 9.60. The van der Waals surface area contributed by atoms with E-state index in [4.69, 9.17) is 17.7 Å². The predicted molar refractivity (Wildman–Crippen MR) is 507 cm³/mol. The molecule has 20 atom stereocenters. The topological polar surface area (TPSA) is 112 Å².